The molecule has 1 aliphatic carbocycles. The second-order valence-electron chi connectivity index (χ2n) is 6.12. The fraction of sp³-hybridized carbons (Fsp3) is 0.368. The number of aryl methyl sites for hydroxylation is 1. The number of anilines is 1. The van der Waals surface area contributed by atoms with Gasteiger partial charge in [-0.3, -0.25) is 14.5 Å². The lowest BCUT2D eigenvalue weighted by Crippen LogP contribution is -2.33. The fourth-order valence-electron chi connectivity index (χ4n) is 3.84. The number of hydrogen-bond acceptors (Lipinski definition) is 2. The molecule has 3 rings (SSSR count). The van der Waals surface area contributed by atoms with E-state index >= 15 is 0 Å². The monoisotopic (exact) mass is 295 g/mol. The molecule has 1 heterocycles. The Morgan fingerprint density at radius 2 is 1.55 bits per heavy atom. The molecule has 0 bridgehead atoms. The van der Waals surface area contributed by atoms with Gasteiger partial charge in [-0.1, -0.05) is 31.2 Å². The van der Waals surface area contributed by atoms with Crippen LogP contribution in [0.15, 0.2) is 49.6 Å². The van der Waals surface area contributed by atoms with Crippen molar-refractivity contribution in [1.82, 2.24) is 0 Å². The van der Waals surface area contributed by atoms with E-state index in [4.69, 9.17) is 0 Å². The molecule has 3 heteroatoms. The number of fused-ring (bicyclic) bond motifs is 1. The molecule has 0 N–H and O–H groups in total. The molecule has 0 spiro atoms. The molecular weight excluding hydrogens is 274 g/mol. The summed E-state index contributed by atoms with van der Waals surface area (Å²) in [5.41, 5.74) is 1.86. The normalized spacial score (nSPS) is 30.5. The van der Waals surface area contributed by atoms with Gasteiger partial charge in [0.05, 0.1) is 17.5 Å². The maximum absolute atomic E-state index is 12.8. The summed E-state index contributed by atoms with van der Waals surface area (Å²) in [6.07, 6.45) is 5.36. The quantitative estimate of drug-likeness (QED) is 0.631. The minimum Gasteiger partial charge on any atom is -0.274 e. The Balaban J connectivity index is 1.97. The second-order valence-corrected chi connectivity index (χ2v) is 6.12. The van der Waals surface area contributed by atoms with Crippen LogP contribution in [0.4, 0.5) is 5.69 Å². The first-order valence-corrected chi connectivity index (χ1v) is 7.84. The molecule has 4 atom stereocenters. The van der Waals surface area contributed by atoms with Crippen molar-refractivity contribution in [3.8, 4) is 0 Å². The number of benzene rings is 1. The SMILES string of the molecule is C=CC1CC(C=C)C2C(=O)N(c3ccc(CC)cc3)C(=O)C12. The van der Waals surface area contributed by atoms with E-state index in [0.29, 0.717) is 5.69 Å². The number of carbonyl (C=O) groups is 2. The Kier molecular flexibility index (Phi) is 3.73. The van der Waals surface area contributed by atoms with Crippen LogP contribution in [0.2, 0.25) is 0 Å². The van der Waals surface area contributed by atoms with Gasteiger partial charge in [-0.15, -0.1) is 13.2 Å². The third-order valence-corrected chi connectivity index (χ3v) is 5.07. The summed E-state index contributed by atoms with van der Waals surface area (Å²) in [6, 6.07) is 7.67. The van der Waals surface area contributed by atoms with E-state index in [1.54, 1.807) is 0 Å². The summed E-state index contributed by atoms with van der Waals surface area (Å²) < 4.78 is 0. The lowest BCUT2D eigenvalue weighted by Gasteiger charge is -2.19. The molecule has 0 aromatic heterocycles. The van der Waals surface area contributed by atoms with Gasteiger partial charge < -0.3 is 0 Å². The average Bonchev–Trinajstić information content (AvgIpc) is 3.04. The standard InChI is InChI=1S/C19H21NO2/c1-4-12-7-9-15(10-8-12)20-18(21)16-13(5-2)11-14(6-3)17(16)19(20)22/h5-10,13-14,16-17H,2-4,11H2,1H3. The van der Waals surface area contributed by atoms with Crippen molar-refractivity contribution in [2.45, 2.75) is 19.8 Å². The molecule has 114 valence electrons. The minimum atomic E-state index is -0.279. The van der Waals surface area contributed by atoms with Crippen LogP contribution in [-0.2, 0) is 16.0 Å². The van der Waals surface area contributed by atoms with Crippen molar-refractivity contribution in [2.24, 2.45) is 23.7 Å². The molecule has 3 nitrogen and oxygen atoms in total. The minimum absolute atomic E-state index is 0.0596. The lowest BCUT2D eigenvalue weighted by atomic mass is 9.89. The highest BCUT2D eigenvalue weighted by molar-refractivity contribution is 6.22. The Hall–Kier alpha value is -2.16. The van der Waals surface area contributed by atoms with Gasteiger partial charge >= 0.3 is 0 Å². The highest BCUT2D eigenvalue weighted by Crippen LogP contribution is 2.49. The van der Waals surface area contributed by atoms with Gasteiger partial charge in [-0.2, -0.15) is 0 Å². The van der Waals surface area contributed by atoms with Crippen LogP contribution in [0.25, 0.3) is 0 Å². The topological polar surface area (TPSA) is 37.4 Å². The van der Waals surface area contributed by atoms with Gasteiger partial charge in [0.1, 0.15) is 0 Å². The number of nitrogens with zero attached hydrogens (tertiary/aromatic N) is 1. The summed E-state index contributed by atoms with van der Waals surface area (Å²) in [5, 5.41) is 0. The van der Waals surface area contributed by atoms with E-state index in [-0.39, 0.29) is 35.5 Å². The maximum Gasteiger partial charge on any atom is 0.238 e. The van der Waals surface area contributed by atoms with Crippen molar-refractivity contribution >= 4 is 17.5 Å². The first-order chi connectivity index (χ1) is 10.6. The van der Waals surface area contributed by atoms with Crippen LogP contribution >= 0.6 is 0 Å². The maximum atomic E-state index is 12.8. The summed E-state index contributed by atoms with van der Waals surface area (Å²) >= 11 is 0. The Morgan fingerprint density at radius 1 is 1.05 bits per heavy atom. The molecule has 0 radical (unpaired) electrons. The molecule has 1 aromatic carbocycles. The number of hydrogen-bond donors (Lipinski definition) is 0. The molecule has 4 unspecified atom stereocenters. The molecule has 1 saturated heterocycles. The number of amides is 2. The summed E-state index contributed by atoms with van der Waals surface area (Å²) in [7, 11) is 0. The summed E-state index contributed by atoms with van der Waals surface area (Å²) in [6.45, 7) is 9.75. The van der Waals surface area contributed by atoms with Gasteiger partial charge in [-0.05, 0) is 42.4 Å². The van der Waals surface area contributed by atoms with E-state index in [0.717, 1.165) is 12.8 Å². The van der Waals surface area contributed by atoms with Crippen LogP contribution in [0.5, 0.6) is 0 Å². The second kappa shape index (κ2) is 5.56. The molecule has 2 fully saturated rings. The number of carbonyl (C=O) groups excluding carboxylic acids is 2. The average molecular weight is 295 g/mol. The number of imide groups is 1. The Bertz CT molecular complexity index is 599. The van der Waals surface area contributed by atoms with E-state index in [2.05, 4.69) is 20.1 Å². The van der Waals surface area contributed by atoms with Crippen LogP contribution in [0.3, 0.4) is 0 Å². The smallest absolute Gasteiger partial charge is 0.238 e. The van der Waals surface area contributed by atoms with Gasteiger partial charge in [0.15, 0.2) is 0 Å². The summed E-state index contributed by atoms with van der Waals surface area (Å²) in [4.78, 5) is 27.0. The predicted molar refractivity (Wildman–Crippen MR) is 87.3 cm³/mol. The molecule has 22 heavy (non-hydrogen) atoms. The fourth-order valence-corrected chi connectivity index (χ4v) is 3.84. The van der Waals surface area contributed by atoms with Crippen molar-refractivity contribution in [1.29, 1.82) is 0 Å². The van der Waals surface area contributed by atoms with E-state index in [1.807, 2.05) is 36.4 Å². The Labute approximate surface area is 131 Å². The van der Waals surface area contributed by atoms with E-state index < -0.39 is 0 Å². The molecule has 1 aromatic rings. The van der Waals surface area contributed by atoms with Crippen LogP contribution in [0, 0.1) is 23.7 Å². The lowest BCUT2D eigenvalue weighted by molar-refractivity contribution is -0.123. The van der Waals surface area contributed by atoms with Crippen molar-refractivity contribution < 1.29 is 9.59 Å². The predicted octanol–water partition coefficient (Wildman–Crippen LogP) is 3.36. The highest BCUT2D eigenvalue weighted by Gasteiger charge is 2.57. The third kappa shape index (κ3) is 2.04. The van der Waals surface area contributed by atoms with Crippen molar-refractivity contribution in [3.05, 3.63) is 55.1 Å². The first-order valence-electron chi connectivity index (χ1n) is 7.84. The van der Waals surface area contributed by atoms with Crippen molar-refractivity contribution in [2.75, 3.05) is 4.90 Å². The van der Waals surface area contributed by atoms with Crippen LogP contribution in [0.1, 0.15) is 18.9 Å². The zero-order chi connectivity index (χ0) is 15.9. The molecule has 2 aliphatic rings. The number of rotatable bonds is 4. The molecule has 1 aliphatic heterocycles. The molecule has 2 amide bonds. The van der Waals surface area contributed by atoms with Gasteiger partial charge in [0.2, 0.25) is 11.8 Å². The number of allylic oxidation sites excluding steroid dienone is 2. The van der Waals surface area contributed by atoms with Crippen LogP contribution in [-0.4, -0.2) is 11.8 Å². The van der Waals surface area contributed by atoms with Gasteiger partial charge in [-0.25, -0.2) is 0 Å². The largest absolute Gasteiger partial charge is 0.274 e. The summed E-state index contributed by atoms with van der Waals surface area (Å²) in [5.74, 6) is -0.617. The Morgan fingerprint density at radius 3 is 1.95 bits per heavy atom. The zero-order valence-corrected chi connectivity index (χ0v) is 12.9. The van der Waals surface area contributed by atoms with Gasteiger partial charge in [0, 0.05) is 0 Å². The highest BCUT2D eigenvalue weighted by atomic mass is 16.2. The van der Waals surface area contributed by atoms with Crippen LogP contribution < -0.4 is 4.90 Å². The van der Waals surface area contributed by atoms with E-state index in [1.165, 1.54) is 10.5 Å². The zero-order valence-electron chi connectivity index (χ0n) is 12.9. The third-order valence-electron chi connectivity index (χ3n) is 5.07. The molecule has 1 saturated carbocycles. The first kappa shape index (κ1) is 14.8. The van der Waals surface area contributed by atoms with Crippen molar-refractivity contribution in [3.63, 3.8) is 0 Å². The van der Waals surface area contributed by atoms with E-state index in [9.17, 15) is 9.59 Å². The van der Waals surface area contributed by atoms with Gasteiger partial charge in [0.25, 0.3) is 0 Å². The molecular formula is C19H21NO2.